The third-order valence-corrected chi connectivity index (χ3v) is 2.67. The van der Waals surface area contributed by atoms with Crippen molar-refractivity contribution >= 4 is 35.1 Å². The number of hydrogen-bond donors (Lipinski definition) is 2. The maximum atomic E-state index is 11.3. The number of amides is 1. The summed E-state index contributed by atoms with van der Waals surface area (Å²) in [6.07, 6.45) is 0.0220. The normalized spacial score (nSPS) is 10.0. The Bertz CT molecular complexity index is 465. The van der Waals surface area contributed by atoms with Crippen LogP contribution >= 0.6 is 23.2 Å². The van der Waals surface area contributed by atoms with E-state index >= 15 is 0 Å². The number of carbonyl (C=O) groups is 2. The zero-order valence-electron chi connectivity index (χ0n) is 9.99. The highest BCUT2D eigenvalue weighted by Gasteiger charge is 2.05. The molecule has 0 bridgehead atoms. The molecule has 5 nitrogen and oxygen atoms in total. The van der Waals surface area contributed by atoms with Crippen LogP contribution in [0.2, 0.25) is 10.0 Å². The van der Waals surface area contributed by atoms with Crippen LogP contribution in [0.1, 0.15) is 12.8 Å². The molecule has 0 spiro atoms. The Hall–Kier alpha value is -1.46. The summed E-state index contributed by atoms with van der Waals surface area (Å²) in [6.45, 7) is 0.260. The predicted octanol–water partition coefficient (Wildman–Crippen LogP) is 2.35. The quantitative estimate of drug-likeness (QED) is 0.811. The van der Waals surface area contributed by atoms with Gasteiger partial charge in [0.1, 0.15) is 5.75 Å². The molecule has 0 radical (unpaired) electrons. The van der Waals surface area contributed by atoms with Gasteiger partial charge in [-0.3, -0.25) is 9.59 Å². The van der Waals surface area contributed by atoms with Crippen molar-refractivity contribution in [3.8, 4) is 5.75 Å². The van der Waals surface area contributed by atoms with E-state index in [1.54, 1.807) is 18.2 Å². The van der Waals surface area contributed by atoms with Crippen molar-refractivity contribution < 1.29 is 19.4 Å². The van der Waals surface area contributed by atoms with Crippen LogP contribution in [0.4, 0.5) is 0 Å². The Balaban J connectivity index is 2.26. The molecule has 0 aromatic heterocycles. The molecule has 1 aromatic rings. The maximum absolute atomic E-state index is 11.3. The van der Waals surface area contributed by atoms with Gasteiger partial charge in [0, 0.05) is 11.6 Å². The molecule has 0 heterocycles. The lowest BCUT2D eigenvalue weighted by atomic mass is 10.3. The van der Waals surface area contributed by atoms with Crippen molar-refractivity contribution in [1.29, 1.82) is 0 Å². The third kappa shape index (κ3) is 6.31. The first-order valence-electron chi connectivity index (χ1n) is 5.55. The summed E-state index contributed by atoms with van der Waals surface area (Å²) in [6, 6.07) is 4.80. The van der Waals surface area contributed by atoms with Crippen molar-refractivity contribution in [2.45, 2.75) is 12.8 Å². The number of aliphatic carboxylic acids is 1. The van der Waals surface area contributed by atoms with Crippen molar-refractivity contribution in [2.24, 2.45) is 0 Å². The molecule has 1 rings (SSSR count). The Morgan fingerprint density at radius 1 is 1.26 bits per heavy atom. The van der Waals surface area contributed by atoms with E-state index in [1.165, 1.54) is 0 Å². The molecule has 0 atom stereocenters. The van der Waals surface area contributed by atoms with Gasteiger partial charge in [0.25, 0.3) is 0 Å². The standard InChI is InChI=1S/C12H13Cl2NO4/c13-8-1-2-10(9(14)7-8)19-6-4-11(16)15-5-3-12(17)18/h1-2,7H,3-6H2,(H,15,16)(H,17,18). The molecule has 1 aromatic carbocycles. The summed E-state index contributed by atoms with van der Waals surface area (Å²) >= 11 is 11.6. The second-order valence-corrected chi connectivity index (χ2v) is 4.51. The molecule has 1 amide bonds. The molecule has 0 aliphatic rings. The number of nitrogens with one attached hydrogen (secondary N) is 1. The Kier molecular flexibility index (Phi) is 6.45. The van der Waals surface area contributed by atoms with Gasteiger partial charge in [-0.05, 0) is 18.2 Å². The topological polar surface area (TPSA) is 75.6 Å². The molecule has 104 valence electrons. The van der Waals surface area contributed by atoms with Crippen LogP contribution in [-0.4, -0.2) is 30.1 Å². The van der Waals surface area contributed by atoms with E-state index in [2.05, 4.69) is 5.32 Å². The van der Waals surface area contributed by atoms with Gasteiger partial charge in [-0.2, -0.15) is 0 Å². The monoisotopic (exact) mass is 305 g/mol. The summed E-state index contributed by atoms with van der Waals surface area (Å²) < 4.78 is 5.32. The van der Waals surface area contributed by atoms with E-state index in [4.69, 9.17) is 33.0 Å². The lowest BCUT2D eigenvalue weighted by Gasteiger charge is -2.08. The first-order valence-corrected chi connectivity index (χ1v) is 6.31. The first-order chi connectivity index (χ1) is 8.99. The highest BCUT2D eigenvalue weighted by molar-refractivity contribution is 6.35. The Labute approximate surface area is 120 Å². The summed E-state index contributed by atoms with van der Waals surface area (Å²) in [7, 11) is 0. The molecular weight excluding hydrogens is 293 g/mol. The van der Waals surface area contributed by atoms with E-state index in [-0.39, 0.29) is 31.9 Å². The fraction of sp³-hybridized carbons (Fsp3) is 0.333. The molecule has 19 heavy (non-hydrogen) atoms. The fourth-order valence-electron chi connectivity index (χ4n) is 1.24. The molecule has 0 aliphatic heterocycles. The highest BCUT2D eigenvalue weighted by Crippen LogP contribution is 2.27. The Morgan fingerprint density at radius 3 is 2.63 bits per heavy atom. The molecule has 0 aliphatic carbocycles. The minimum atomic E-state index is -0.954. The van der Waals surface area contributed by atoms with Crippen LogP contribution in [0.15, 0.2) is 18.2 Å². The molecule has 0 fully saturated rings. The van der Waals surface area contributed by atoms with Gasteiger partial charge in [0.05, 0.1) is 24.5 Å². The zero-order valence-corrected chi connectivity index (χ0v) is 11.5. The number of carbonyl (C=O) groups excluding carboxylic acids is 1. The van der Waals surface area contributed by atoms with Crippen LogP contribution in [0.25, 0.3) is 0 Å². The second-order valence-electron chi connectivity index (χ2n) is 3.67. The molecule has 0 saturated carbocycles. The van der Waals surface area contributed by atoms with Crippen molar-refractivity contribution in [1.82, 2.24) is 5.32 Å². The second kappa shape index (κ2) is 7.86. The number of ether oxygens (including phenoxy) is 1. The molecule has 0 unspecified atom stereocenters. The minimum absolute atomic E-state index is 0.102. The average Bonchev–Trinajstić information content (AvgIpc) is 2.31. The number of halogens is 2. The number of rotatable bonds is 7. The van der Waals surface area contributed by atoms with E-state index < -0.39 is 5.97 Å². The Morgan fingerprint density at radius 2 is 2.00 bits per heavy atom. The van der Waals surface area contributed by atoms with Crippen LogP contribution in [0, 0.1) is 0 Å². The van der Waals surface area contributed by atoms with Crippen LogP contribution in [0.5, 0.6) is 5.75 Å². The lowest BCUT2D eigenvalue weighted by Crippen LogP contribution is -2.27. The summed E-state index contributed by atoms with van der Waals surface area (Å²) in [4.78, 5) is 21.6. The predicted molar refractivity (Wildman–Crippen MR) is 71.8 cm³/mol. The SMILES string of the molecule is O=C(O)CCNC(=O)CCOc1ccc(Cl)cc1Cl. The van der Waals surface area contributed by atoms with Crippen molar-refractivity contribution in [3.63, 3.8) is 0 Å². The van der Waals surface area contributed by atoms with Gasteiger partial charge in [-0.1, -0.05) is 23.2 Å². The van der Waals surface area contributed by atoms with Gasteiger partial charge >= 0.3 is 5.97 Å². The average molecular weight is 306 g/mol. The summed E-state index contributed by atoms with van der Waals surface area (Å²) in [5.74, 6) is -0.778. The fourth-order valence-corrected chi connectivity index (χ4v) is 1.71. The van der Waals surface area contributed by atoms with E-state index in [0.29, 0.717) is 15.8 Å². The van der Waals surface area contributed by atoms with Crippen LogP contribution < -0.4 is 10.1 Å². The van der Waals surface area contributed by atoms with E-state index in [0.717, 1.165) is 0 Å². The molecular formula is C12H13Cl2NO4. The van der Waals surface area contributed by atoms with Gasteiger partial charge in [-0.15, -0.1) is 0 Å². The lowest BCUT2D eigenvalue weighted by molar-refractivity contribution is -0.136. The first kappa shape index (κ1) is 15.6. The molecule has 0 saturated heterocycles. The van der Waals surface area contributed by atoms with Crippen LogP contribution in [-0.2, 0) is 9.59 Å². The summed E-state index contributed by atoms with van der Waals surface area (Å²) in [5, 5.41) is 11.8. The van der Waals surface area contributed by atoms with Gasteiger partial charge in [0.15, 0.2) is 0 Å². The van der Waals surface area contributed by atoms with Crippen molar-refractivity contribution in [2.75, 3.05) is 13.2 Å². The number of carboxylic acid groups (broad SMARTS) is 1. The van der Waals surface area contributed by atoms with Gasteiger partial charge in [-0.25, -0.2) is 0 Å². The van der Waals surface area contributed by atoms with Gasteiger partial charge in [0.2, 0.25) is 5.91 Å². The zero-order chi connectivity index (χ0) is 14.3. The number of hydrogen-bond acceptors (Lipinski definition) is 3. The number of carboxylic acids is 1. The highest BCUT2D eigenvalue weighted by atomic mass is 35.5. The maximum Gasteiger partial charge on any atom is 0.305 e. The van der Waals surface area contributed by atoms with Crippen LogP contribution in [0.3, 0.4) is 0 Å². The number of benzene rings is 1. The van der Waals surface area contributed by atoms with Gasteiger partial charge < -0.3 is 15.2 Å². The molecule has 2 N–H and O–H groups in total. The third-order valence-electron chi connectivity index (χ3n) is 2.14. The summed E-state index contributed by atoms with van der Waals surface area (Å²) in [5.41, 5.74) is 0. The van der Waals surface area contributed by atoms with E-state index in [9.17, 15) is 9.59 Å². The largest absolute Gasteiger partial charge is 0.491 e. The minimum Gasteiger partial charge on any atom is -0.491 e. The van der Waals surface area contributed by atoms with Crippen molar-refractivity contribution in [3.05, 3.63) is 28.2 Å². The molecule has 7 heteroatoms. The van der Waals surface area contributed by atoms with E-state index in [1.807, 2.05) is 0 Å². The smallest absolute Gasteiger partial charge is 0.305 e.